The number of likely N-dealkylation sites (tertiary alicyclic amines) is 1. The first kappa shape index (κ1) is 26.9. The minimum atomic E-state index is -1.33. The number of urea groups is 1. The maximum atomic E-state index is 14.1. The molecule has 0 bridgehead atoms. The molecule has 2 saturated heterocycles. The fraction of sp³-hybridized carbons (Fsp3) is 0.385. The van der Waals surface area contributed by atoms with E-state index in [2.05, 4.69) is 11.4 Å². The van der Waals surface area contributed by atoms with Crippen molar-refractivity contribution in [3.63, 3.8) is 0 Å². The first-order chi connectivity index (χ1) is 17.6. The molecule has 2 atom stereocenters. The molecule has 2 aromatic carbocycles. The zero-order chi connectivity index (χ0) is 26.9. The van der Waals surface area contributed by atoms with Gasteiger partial charge in [0.25, 0.3) is 5.91 Å². The molecule has 11 heteroatoms. The predicted octanol–water partition coefficient (Wildman–Crippen LogP) is 2.78. The third-order valence-corrected chi connectivity index (χ3v) is 7.41. The summed E-state index contributed by atoms with van der Waals surface area (Å²) in [5.41, 5.74) is 0.171. The SMILES string of the molecule is CN(C)CCNCC(=O)N1C[C@@H](c2ccc(C#N)cc2)[C@]2(C1)C(=O)N(c1cc(Cl)cc(Cl)c1)C(=O)N2C. The summed E-state index contributed by atoms with van der Waals surface area (Å²) in [6, 6.07) is 13.0. The van der Waals surface area contributed by atoms with Gasteiger partial charge < -0.3 is 20.0 Å². The van der Waals surface area contributed by atoms with Crippen LogP contribution in [0.25, 0.3) is 0 Å². The van der Waals surface area contributed by atoms with Gasteiger partial charge in [0.15, 0.2) is 0 Å². The molecular weight excluding hydrogens is 515 g/mol. The summed E-state index contributed by atoms with van der Waals surface area (Å²) in [7, 11) is 5.48. The van der Waals surface area contributed by atoms with Crippen LogP contribution < -0.4 is 10.2 Å². The lowest BCUT2D eigenvalue weighted by Gasteiger charge is -2.33. The lowest BCUT2D eigenvalue weighted by molar-refractivity contribution is -0.130. The van der Waals surface area contributed by atoms with Gasteiger partial charge >= 0.3 is 6.03 Å². The van der Waals surface area contributed by atoms with Crippen LogP contribution >= 0.6 is 23.2 Å². The molecule has 4 rings (SSSR count). The molecule has 0 unspecified atom stereocenters. The van der Waals surface area contributed by atoms with Gasteiger partial charge in [0, 0.05) is 42.6 Å². The Hall–Kier alpha value is -3.16. The van der Waals surface area contributed by atoms with Crippen LogP contribution in [0.3, 0.4) is 0 Å². The number of hydrogen-bond acceptors (Lipinski definition) is 6. The molecule has 0 radical (unpaired) electrons. The molecule has 2 fully saturated rings. The molecule has 1 spiro atoms. The number of imide groups is 1. The van der Waals surface area contributed by atoms with Gasteiger partial charge in [-0.1, -0.05) is 35.3 Å². The van der Waals surface area contributed by atoms with Gasteiger partial charge in [0.1, 0.15) is 5.54 Å². The molecule has 2 aliphatic rings. The minimum absolute atomic E-state index is 0.0394. The van der Waals surface area contributed by atoms with Crippen molar-refractivity contribution in [1.82, 2.24) is 20.0 Å². The third kappa shape index (κ3) is 5.03. The van der Waals surface area contributed by atoms with E-state index < -0.39 is 23.4 Å². The van der Waals surface area contributed by atoms with E-state index in [-0.39, 0.29) is 31.2 Å². The summed E-state index contributed by atoms with van der Waals surface area (Å²) in [4.78, 5) is 47.0. The molecule has 4 amide bonds. The highest BCUT2D eigenvalue weighted by Crippen LogP contribution is 2.46. The van der Waals surface area contributed by atoms with Gasteiger partial charge in [0.05, 0.1) is 30.4 Å². The lowest BCUT2D eigenvalue weighted by Crippen LogP contribution is -2.54. The third-order valence-electron chi connectivity index (χ3n) is 6.97. The van der Waals surface area contributed by atoms with Gasteiger partial charge in [-0.2, -0.15) is 5.26 Å². The molecule has 1 N–H and O–H groups in total. The molecule has 37 heavy (non-hydrogen) atoms. The van der Waals surface area contributed by atoms with Crippen molar-refractivity contribution in [3.05, 3.63) is 63.6 Å². The summed E-state index contributed by atoms with van der Waals surface area (Å²) < 4.78 is 0. The standard InChI is InChI=1S/C26H28Cl2N6O3/c1-31(2)9-8-30-14-23(35)33-15-22(18-6-4-17(13-29)5-7-18)26(16-33)24(36)34(25(37)32(26)3)21-11-19(27)10-20(28)12-21/h4-7,10-12,22,30H,8-9,14-16H2,1-3H3/t22-,26+/m0/s1. The Bertz CT molecular complexity index is 1240. The monoisotopic (exact) mass is 542 g/mol. The van der Waals surface area contributed by atoms with Crippen LogP contribution in [0.1, 0.15) is 17.0 Å². The highest BCUT2D eigenvalue weighted by molar-refractivity contribution is 6.35. The average Bonchev–Trinajstić information content (AvgIpc) is 3.34. The summed E-state index contributed by atoms with van der Waals surface area (Å²) in [6.07, 6.45) is 0. The zero-order valence-electron chi connectivity index (χ0n) is 20.9. The summed E-state index contributed by atoms with van der Waals surface area (Å²) in [5, 5.41) is 13.0. The van der Waals surface area contributed by atoms with E-state index in [1.54, 1.807) is 36.2 Å². The lowest BCUT2D eigenvalue weighted by atomic mass is 9.80. The molecule has 0 aromatic heterocycles. The molecule has 0 saturated carbocycles. The van der Waals surface area contributed by atoms with E-state index in [0.29, 0.717) is 22.2 Å². The number of carbonyl (C=O) groups is 3. The summed E-state index contributed by atoms with van der Waals surface area (Å²) in [5.74, 6) is -1.12. The van der Waals surface area contributed by atoms with Crippen molar-refractivity contribution in [2.45, 2.75) is 11.5 Å². The second kappa shape index (κ2) is 10.7. The van der Waals surface area contributed by atoms with Crippen molar-refractivity contribution < 1.29 is 14.4 Å². The number of likely N-dealkylation sites (N-methyl/N-ethyl adjacent to an activating group) is 2. The fourth-order valence-electron chi connectivity index (χ4n) is 5.01. The molecule has 9 nitrogen and oxygen atoms in total. The Labute approximate surface area is 226 Å². The number of halogens is 2. The van der Waals surface area contributed by atoms with Crippen LogP contribution in [0.4, 0.5) is 10.5 Å². The van der Waals surface area contributed by atoms with Gasteiger partial charge in [0.2, 0.25) is 5.91 Å². The number of benzene rings is 2. The normalized spacial score (nSPS) is 21.4. The molecule has 0 aliphatic carbocycles. The largest absolute Gasteiger partial charge is 0.338 e. The van der Waals surface area contributed by atoms with E-state index in [1.165, 1.54) is 23.1 Å². The van der Waals surface area contributed by atoms with Crippen molar-refractivity contribution in [1.29, 1.82) is 5.26 Å². The number of amides is 4. The van der Waals surface area contributed by atoms with Gasteiger partial charge in [-0.15, -0.1) is 0 Å². The number of carbonyl (C=O) groups excluding carboxylic acids is 3. The van der Waals surface area contributed by atoms with Gasteiger partial charge in [-0.25, -0.2) is 9.69 Å². The second-order valence-corrected chi connectivity index (χ2v) is 10.4. The molecule has 2 aromatic rings. The molecule has 2 aliphatic heterocycles. The van der Waals surface area contributed by atoms with E-state index in [9.17, 15) is 19.6 Å². The van der Waals surface area contributed by atoms with Crippen LogP contribution in [-0.4, -0.2) is 92.0 Å². The number of nitrogens with one attached hydrogen (secondary N) is 1. The van der Waals surface area contributed by atoms with E-state index >= 15 is 0 Å². The Balaban J connectivity index is 1.70. The summed E-state index contributed by atoms with van der Waals surface area (Å²) in [6.45, 7) is 1.81. The smallest absolute Gasteiger partial charge is 0.332 e. The maximum Gasteiger partial charge on any atom is 0.332 e. The molecule has 2 heterocycles. The van der Waals surface area contributed by atoms with Gasteiger partial charge in [-0.3, -0.25) is 9.59 Å². The first-order valence-electron chi connectivity index (χ1n) is 11.8. The van der Waals surface area contributed by atoms with Crippen LogP contribution in [0.5, 0.6) is 0 Å². The maximum absolute atomic E-state index is 14.1. The highest BCUT2D eigenvalue weighted by Gasteiger charge is 2.64. The van der Waals surface area contributed by atoms with Crippen molar-refractivity contribution in [3.8, 4) is 6.07 Å². The van der Waals surface area contributed by atoms with E-state index in [0.717, 1.165) is 17.0 Å². The quantitative estimate of drug-likeness (QED) is 0.426. The molecular formula is C26H28Cl2N6O3. The first-order valence-corrected chi connectivity index (χ1v) is 12.6. The van der Waals surface area contributed by atoms with Crippen LogP contribution in [0.2, 0.25) is 10.0 Å². The zero-order valence-corrected chi connectivity index (χ0v) is 22.4. The Morgan fingerprint density at radius 1 is 1.16 bits per heavy atom. The molecule has 194 valence electrons. The number of hydrogen-bond donors (Lipinski definition) is 1. The number of rotatable bonds is 7. The highest BCUT2D eigenvalue weighted by atomic mass is 35.5. The van der Waals surface area contributed by atoms with Crippen LogP contribution in [0.15, 0.2) is 42.5 Å². The van der Waals surface area contributed by atoms with Crippen LogP contribution in [-0.2, 0) is 9.59 Å². The topological polar surface area (TPSA) is 100.0 Å². The van der Waals surface area contributed by atoms with E-state index in [1.807, 2.05) is 19.0 Å². The number of anilines is 1. The Morgan fingerprint density at radius 3 is 2.41 bits per heavy atom. The average molecular weight is 543 g/mol. The second-order valence-electron chi connectivity index (χ2n) is 9.57. The Kier molecular flexibility index (Phi) is 7.76. The summed E-state index contributed by atoms with van der Waals surface area (Å²) >= 11 is 12.3. The van der Waals surface area contributed by atoms with Crippen molar-refractivity contribution in [2.75, 3.05) is 58.8 Å². The van der Waals surface area contributed by atoms with E-state index in [4.69, 9.17) is 23.2 Å². The van der Waals surface area contributed by atoms with Crippen molar-refractivity contribution in [2.24, 2.45) is 0 Å². The van der Waals surface area contributed by atoms with Crippen LogP contribution in [0, 0.1) is 11.3 Å². The Morgan fingerprint density at radius 2 is 1.81 bits per heavy atom. The van der Waals surface area contributed by atoms with Gasteiger partial charge in [-0.05, 0) is 50.0 Å². The number of nitriles is 1. The minimum Gasteiger partial charge on any atom is -0.338 e. The fourth-order valence-corrected chi connectivity index (χ4v) is 5.52. The number of nitrogens with zero attached hydrogens (tertiary/aromatic N) is 5. The van der Waals surface area contributed by atoms with Crippen molar-refractivity contribution >= 4 is 46.7 Å². The predicted molar refractivity (Wildman–Crippen MR) is 142 cm³/mol.